The van der Waals surface area contributed by atoms with Gasteiger partial charge < -0.3 is 19.3 Å². The van der Waals surface area contributed by atoms with Gasteiger partial charge in [-0.15, -0.1) is 11.3 Å². The second kappa shape index (κ2) is 7.86. The molecule has 0 bridgehead atoms. The summed E-state index contributed by atoms with van der Waals surface area (Å²) in [6.45, 7) is 6.38. The van der Waals surface area contributed by atoms with Crippen molar-refractivity contribution >= 4 is 23.2 Å². The molecule has 6 nitrogen and oxygen atoms in total. The highest BCUT2D eigenvalue weighted by atomic mass is 32.1. The van der Waals surface area contributed by atoms with Gasteiger partial charge in [0.15, 0.2) is 18.1 Å². The van der Waals surface area contributed by atoms with E-state index in [1.54, 1.807) is 16.2 Å². The van der Waals surface area contributed by atoms with Gasteiger partial charge in [-0.25, -0.2) is 0 Å². The van der Waals surface area contributed by atoms with Gasteiger partial charge in [0.1, 0.15) is 5.60 Å². The maximum atomic E-state index is 12.8. The smallest absolute Gasteiger partial charge is 0.260 e. The largest absolute Gasteiger partial charge is 0.483 e. The van der Waals surface area contributed by atoms with E-state index in [1.807, 2.05) is 43.0 Å². The van der Waals surface area contributed by atoms with E-state index in [0.717, 1.165) is 24.2 Å². The van der Waals surface area contributed by atoms with Crippen LogP contribution in [0.15, 0.2) is 35.7 Å². The lowest BCUT2D eigenvalue weighted by molar-refractivity contribution is -0.141. The van der Waals surface area contributed by atoms with E-state index in [1.165, 1.54) is 4.88 Å². The second-order valence-electron chi connectivity index (χ2n) is 9.24. The molecule has 0 radical (unpaired) electrons. The van der Waals surface area contributed by atoms with E-state index >= 15 is 0 Å². The van der Waals surface area contributed by atoms with Crippen molar-refractivity contribution in [1.29, 1.82) is 0 Å². The molecule has 2 aliphatic heterocycles. The first-order valence-electron chi connectivity index (χ1n) is 10.9. The number of rotatable bonds is 5. The molecule has 1 saturated carbocycles. The molecule has 7 heteroatoms. The summed E-state index contributed by atoms with van der Waals surface area (Å²) in [5.41, 5.74) is 0.863. The number of amides is 2. The Morgan fingerprint density at radius 2 is 1.90 bits per heavy atom. The van der Waals surface area contributed by atoms with Crippen LogP contribution in [0.2, 0.25) is 0 Å². The Bertz CT molecular complexity index is 979. The number of piperazine rings is 1. The Balaban J connectivity index is 1.11. The van der Waals surface area contributed by atoms with Crippen LogP contribution in [0.3, 0.4) is 0 Å². The number of fused-ring (bicyclic) bond motifs is 1. The fourth-order valence-corrected chi connectivity index (χ4v) is 5.53. The molecule has 3 aliphatic rings. The molecule has 1 saturated heterocycles. The van der Waals surface area contributed by atoms with Crippen LogP contribution in [0.1, 0.15) is 36.6 Å². The van der Waals surface area contributed by atoms with Gasteiger partial charge in [-0.1, -0.05) is 18.2 Å². The number of nitrogens with zero attached hydrogens (tertiary/aromatic N) is 2. The third kappa shape index (κ3) is 4.15. The van der Waals surface area contributed by atoms with Gasteiger partial charge in [0.2, 0.25) is 5.91 Å². The van der Waals surface area contributed by atoms with Crippen LogP contribution in [0.25, 0.3) is 0 Å². The van der Waals surface area contributed by atoms with E-state index in [-0.39, 0.29) is 29.9 Å². The fraction of sp³-hybridized carbons (Fsp3) is 0.500. The van der Waals surface area contributed by atoms with Crippen LogP contribution in [0.4, 0.5) is 0 Å². The van der Waals surface area contributed by atoms with Crippen molar-refractivity contribution in [2.24, 2.45) is 5.92 Å². The summed E-state index contributed by atoms with van der Waals surface area (Å²) in [4.78, 5) is 30.5. The first-order chi connectivity index (χ1) is 14.9. The molecule has 2 atom stereocenters. The van der Waals surface area contributed by atoms with Gasteiger partial charge in [0.05, 0.1) is 0 Å². The van der Waals surface area contributed by atoms with Crippen LogP contribution < -0.4 is 9.47 Å². The number of hydrogen-bond acceptors (Lipinski definition) is 5. The van der Waals surface area contributed by atoms with Crippen LogP contribution in [0, 0.1) is 5.92 Å². The van der Waals surface area contributed by atoms with Crippen molar-refractivity contribution in [3.8, 4) is 11.5 Å². The van der Waals surface area contributed by atoms with Crippen LogP contribution in [-0.2, 0) is 16.0 Å². The summed E-state index contributed by atoms with van der Waals surface area (Å²) < 4.78 is 11.9. The van der Waals surface area contributed by atoms with Crippen LogP contribution >= 0.6 is 11.3 Å². The van der Waals surface area contributed by atoms with Crippen molar-refractivity contribution in [3.63, 3.8) is 0 Å². The highest BCUT2D eigenvalue weighted by Gasteiger charge is 2.46. The number of carbonyl (C=O) groups excluding carboxylic acids is 2. The SMILES string of the molecule is CC1(C)Cc2cccc(OCC(=O)N3CCN(C(=O)[C@H]4C[C@H]4c4cccs4)CC3)c2O1. The minimum absolute atomic E-state index is 0.0166. The molecule has 0 N–H and O–H groups in total. The van der Waals surface area contributed by atoms with Crippen LogP contribution in [-0.4, -0.2) is 60.0 Å². The number of ether oxygens (including phenoxy) is 2. The third-order valence-corrected chi connectivity index (χ3v) is 7.37. The van der Waals surface area contributed by atoms with Gasteiger partial charge >= 0.3 is 0 Å². The highest BCUT2D eigenvalue weighted by molar-refractivity contribution is 7.10. The second-order valence-corrected chi connectivity index (χ2v) is 10.2. The minimum atomic E-state index is -0.251. The first-order valence-corrected chi connectivity index (χ1v) is 11.8. The zero-order chi connectivity index (χ0) is 21.6. The fourth-order valence-electron chi connectivity index (χ4n) is 4.63. The number of para-hydroxylation sites is 1. The molecule has 2 aromatic rings. The van der Waals surface area contributed by atoms with E-state index in [0.29, 0.717) is 37.8 Å². The maximum Gasteiger partial charge on any atom is 0.260 e. The molecule has 2 fully saturated rings. The molecule has 5 rings (SSSR count). The normalized spacial score (nSPS) is 23.8. The molecule has 1 aromatic carbocycles. The van der Waals surface area contributed by atoms with E-state index in [9.17, 15) is 9.59 Å². The zero-order valence-corrected chi connectivity index (χ0v) is 18.8. The summed E-state index contributed by atoms with van der Waals surface area (Å²) in [5, 5.41) is 2.07. The summed E-state index contributed by atoms with van der Waals surface area (Å²) in [7, 11) is 0. The van der Waals surface area contributed by atoms with Crippen molar-refractivity contribution in [1.82, 2.24) is 9.80 Å². The predicted octanol–water partition coefficient (Wildman–Crippen LogP) is 3.31. The topological polar surface area (TPSA) is 59.1 Å². The molecule has 1 aliphatic carbocycles. The average molecular weight is 441 g/mol. The summed E-state index contributed by atoms with van der Waals surface area (Å²) in [6, 6.07) is 9.99. The quantitative estimate of drug-likeness (QED) is 0.716. The average Bonchev–Trinajstić information content (AvgIpc) is 3.21. The van der Waals surface area contributed by atoms with Gasteiger partial charge in [-0.05, 0) is 37.8 Å². The van der Waals surface area contributed by atoms with Crippen molar-refractivity contribution in [2.75, 3.05) is 32.8 Å². The van der Waals surface area contributed by atoms with Gasteiger partial charge in [0.25, 0.3) is 5.91 Å². The lowest BCUT2D eigenvalue weighted by Gasteiger charge is -2.35. The monoisotopic (exact) mass is 440 g/mol. The molecule has 0 spiro atoms. The zero-order valence-electron chi connectivity index (χ0n) is 18.0. The number of carbonyl (C=O) groups is 2. The summed E-state index contributed by atoms with van der Waals surface area (Å²) in [6.07, 6.45) is 1.78. The number of benzene rings is 1. The Hall–Kier alpha value is -2.54. The highest BCUT2D eigenvalue weighted by Crippen LogP contribution is 2.50. The third-order valence-electron chi connectivity index (χ3n) is 6.37. The molecule has 3 heterocycles. The maximum absolute atomic E-state index is 12.8. The van der Waals surface area contributed by atoms with Gasteiger partial charge in [-0.3, -0.25) is 9.59 Å². The molecule has 31 heavy (non-hydrogen) atoms. The summed E-state index contributed by atoms with van der Waals surface area (Å²) >= 11 is 1.73. The molecule has 1 aromatic heterocycles. The first kappa shape index (κ1) is 20.4. The Kier molecular flexibility index (Phi) is 5.16. The summed E-state index contributed by atoms with van der Waals surface area (Å²) in [5.74, 6) is 2.07. The predicted molar refractivity (Wildman–Crippen MR) is 119 cm³/mol. The lowest BCUT2D eigenvalue weighted by Crippen LogP contribution is -2.52. The number of thiophene rings is 1. The minimum Gasteiger partial charge on any atom is -0.483 e. The van der Waals surface area contributed by atoms with Gasteiger partial charge in [-0.2, -0.15) is 0 Å². The van der Waals surface area contributed by atoms with Crippen molar-refractivity contribution < 1.29 is 19.1 Å². The Morgan fingerprint density at radius 1 is 1.13 bits per heavy atom. The molecule has 164 valence electrons. The van der Waals surface area contributed by atoms with Crippen molar-refractivity contribution in [2.45, 2.75) is 38.2 Å². The standard InChI is InChI=1S/C24H28N2O4S/c1-24(2)14-16-5-3-6-19(22(16)30-24)29-15-21(27)25-8-10-26(11-9-25)23(28)18-13-17(18)20-7-4-12-31-20/h3-7,12,17-18H,8-11,13-15H2,1-2H3/t17-,18+/m1/s1. The molecule has 2 amide bonds. The van der Waals surface area contributed by atoms with E-state index in [4.69, 9.17) is 9.47 Å². The molecule has 0 unspecified atom stereocenters. The van der Waals surface area contributed by atoms with Crippen LogP contribution in [0.5, 0.6) is 11.5 Å². The molecular formula is C24H28N2O4S. The number of hydrogen-bond donors (Lipinski definition) is 0. The Morgan fingerprint density at radius 3 is 2.65 bits per heavy atom. The van der Waals surface area contributed by atoms with Crippen molar-refractivity contribution in [3.05, 3.63) is 46.2 Å². The van der Waals surface area contributed by atoms with Gasteiger partial charge in [0, 0.05) is 54.9 Å². The van der Waals surface area contributed by atoms with E-state index < -0.39 is 0 Å². The Labute approximate surface area is 186 Å². The van der Waals surface area contributed by atoms with E-state index in [2.05, 4.69) is 11.4 Å². The molecular weight excluding hydrogens is 412 g/mol. The lowest BCUT2D eigenvalue weighted by atomic mass is 10.0.